The van der Waals surface area contributed by atoms with Crippen LogP contribution in [0.2, 0.25) is 0 Å². The number of carboxylic acid groups (broad SMARTS) is 2. The zero-order valence-electron chi connectivity index (χ0n) is 14.4. The molecule has 8 nitrogen and oxygen atoms in total. The number of aliphatic hydroxyl groups is 1. The van der Waals surface area contributed by atoms with E-state index in [4.69, 9.17) is 0 Å². The number of aliphatic hydroxyl groups excluding tert-OH is 1. The van der Waals surface area contributed by atoms with Crippen LogP contribution in [0.1, 0.15) is 33.4 Å². The van der Waals surface area contributed by atoms with E-state index in [0.717, 1.165) is 16.2 Å². The van der Waals surface area contributed by atoms with E-state index in [9.17, 15) is 29.7 Å². The summed E-state index contributed by atoms with van der Waals surface area (Å²) in [6.45, 7) is 0.809. The number of carbonyl (C=O) groups is 3. The molecule has 1 aliphatic heterocycles. The van der Waals surface area contributed by atoms with Gasteiger partial charge < -0.3 is 20.2 Å². The molecule has 3 atom stereocenters. The molecule has 1 fully saturated rings. The van der Waals surface area contributed by atoms with Gasteiger partial charge in [0.1, 0.15) is 5.01 Å². The summed E-state index contributed by atoms with van der Waals surface area (Å²) in [5.74, 6) is -4.53. The normalized spacial score (nSPS) is 24.7. The Kier molecular flexibility index (Phi) is 4.99. The van der Waals surface area contributed by atoms with Crippen LogP contribution in [-0.2, 0) is 9.59 Å². The van der Waals surface area contributed by atoms with Crippen LogP contribution in [0.15, 0.2) is 35.8 Å². The number of carboxylic acids is 2. The van der Waals surface area contributed by atoms with Gasteiger partial charge in [-0.15, -0.1) is 11.3 Å². The fourth-order valence-electron chi connectivity index (χ4n) is 3.57. The third-order valence-corrected chi connectivity index (χ3v) is 5.80. The molecule has 0 spiro atoms. The Morgan fingerprint density at radius 2 is 2.00 bits per heavy atom. The number of benzene rings is 1. The minimum absolute atomic E-state index is 0.254. The number of likely N-dealkylation sites (tertiary alicyclic amines) is 1. The molecule has 1 amide bonds. The van der Waals surface area contributed by atoms with Crippen molar-refractivity contribution in [1.29, 1.82) is 0 Å². The zero-order chi connectivity index (χ0) is 19.8. The monoisotopic (exact) mass is 390 g/mol. The van der Waals surface area contributed by atoms with E-state index in [1.807, 2.05) is 0 Å². The topological polar surface area (TPSA) is 128 Å². The highest BCUT2D eigenvalue weighted by molar-refractivity contribution is 7.09. The van der Waals surface area contributed by atoms with Crippen molar-refractivity contribution >= 4 is 29.2 Å². The third kappa shape index (κ3) is 2.98. The molecule has 1 aliphatic rings. The quantitative estimate of drug-likeness (QED) is 0.707. The zero-order valence-corrected chi connectivity index (χ0v) is 15.2. The van der Waals surface area contributed by atoms with Crippen LogP contribution in [0.5, 0.6) is 0 Å². The summed E-state index contributed by atoms with van der Waals surface area (Å²) in [4.78, 5) is 42.5. The molecule has 142 valence electrons. The summed E-state index contributed by atoms with van der Waals surface area (Å²) >= 11 is 1.14. The van der Waals surface area contributed by atoms with E-state index in [1.54, 1.807) is 36.6 Å². The number of hydrogen-bond donors (Lipinski definition) is 3. The van der Waals surface area contributed by atoms with E-state index in [0.29, 0.717) is 10.6 Å². The summed E-state index contributed by atoms with van der Waals surface area (Å²) in [6.07, 6.45) is 1.06. The predicted molar refractivity (Wildman–Crippen MR) is 95.4 cm³/mol. The summed E-state index contributed by atoms with van der Waals surface area (Å²) in [6, 6.07) is 5.56. The fourth-order valence-corrected chi connectivity index (χ4v) is 4.36. The Labute approximate surface area is 158 Å². The highest BCUT2D eigenvalue weighted by Gasteiger charge is 2.61. The minimum Gasteiger partial charge on any atom is -0.481 e. The second-order valence-corrected chi connectivity index (χ2v) is 7.38. The lowest BCUT2D eigenvalue weighted by molar-refractivity contribution is -0.151. The van der Waals surface area contributed by atoms with Crippen molar-refractivity contribution in [2.45, 2.75) is 24.9 Å². The molecule has 1 aromatic heterocycles. The predicted octanol–water partition coefficient (Wildman–Crippen LogP) is 1.56. The number of aryl methyl sites for hydroxylation is 1. The van der Waals surface area contributed by atoms with Gasteiger partial charge in [0.05, 0.1) is 18.6 Å². The third-order valence-electron chi connectivity index (χ3n) is 4.95. The molecule has 0 saturated carbocycles. The van der Waals surface area contributed by atoms with Crippen molar-refractivity contribution in [1.82, 2.24) is 9.88 Å². The van der Waals surface area contributed by atoms with Crippen molar-refractivity contribution < 1.29 is 29.7 Å². The first-order valence-electron chi connectivity index (χ1n) is 8.19. The van der Waals surface area contributed by atoms with Gasteiger partial charge in [0.15, 0.2) is 5.54 Å². The molecule has 0 bridgehead atoms. The Balaban J connectivity index is 2.22. The summed E-state index contributed by atoms with van der Waals surface area (Å²) in [7, 11) is 0. The molecule has 1 aromatic carbocycles. The first-order chi connectivity index (χ1) is 12.8. The van der Waals surface area contributed by atoms with Gasteiger partial charge in [-0.3, -0.25) is 9.59 Å². The maximum atomic E-state index is 13.4. The number of aliphatic carboxylic acids is 2. The highest BCUT2D eigenvalue weighted by Crippen LogP contribution is 2.48. The van der Waals surface area contributed by atoms with Crippen LogP contribution in [0.3, 0.4) is 0 Å². The molecule has 27 heavy (non-hydrogen) atoms. The maximum absolute atomic E-state index is 13.4. The number of nitrogens with zero attached hydrogens (tertiary/aromatic N) is 2. The Morgan fingerprint density at radius 3 is 2.52 bits per heavy atom. The second-order valence-electron chi connectivity index (χ2n) is 6.45. The Morgan fingerprint density at radius 1 is 1.30 bits per heavy atom. The van der Waals surface area contributed by atoms with Gasteiger partial charge >= 0.3 is 11.9 Å². The van der Waals surface area contributed by atoms with Crippen LogP contribution < -0.4 is 0 Å². The number of thiazole rings is 1. The van der Waals surface area contributed by atoms with Gasteiger partial charge in [-0.1, -0.05) is 18.2 Å². The van der Waals surface area contributed by atoms with E-state index >= 15 is 0 Å². The van der Waals surface area contributed by atoms with Crippen LogP contribution >= 0.6 is 11.3 Å². The number of carbonyl (C=O) groups excluding carboxylic acids is 1. The summed E-state index contributed by atoms with van der Waals surface area (Å²) in [5.41, 5.74) is -1.17. The van der Waals surface area contributed by atoms with E-state index in [-0.39, 0.29) is 5.56 Å². The molecule has 3 rings (SSSR count). The summed E-state index contributed by atoms with van der Waals surface area (Å²) < 4.78 is 0. The molecule has 3 N–H and O–H groups in total. The molecule has 2 heterocycles. The fraction of sp³-hybridized carbons (Fsp3) is 0.333. The van der Waals surface area contributed by atoms with Crippen molar-refractivity contribution in [2.75, 3.05) is 6.61 Å². The van der Waals surface area contributed by atoms with E-state index < -0.39 is 48.4 Å². The van der Waals surface area contributed by atoms with Gasteiger partial charge in [-0.2, -0.15) is 0 Å². The van der Waals surface area contributed by atoms with Gasteiger partial charge in [0.25, 0.3) is 5.91 Å². The molecule has 0 aliphatic carbocycles. The smallest absolute Gasteiger partial charge is 0.332 e. The molecular weight excluding hydrogens is 372 g/mol. The van der Waals surface area contributed by atoms with Crippen molar-refractivity contribution in [3.05, 3.63) is 52.0 Å². The van der Waals surface area contributed by atoms with Crippen LogP contribution in [0.4, 0.5) is 0 Å². The molecule has 1 saturated heterocycles. The van der Waals surface area contributed by atoms with E-state index in [1.165, 1.54) is 6.20 Å². The van der Waals surface area contributed by atoms with Crippen molar-refractivity contribution in [3.63, 3.8) is 0 Å². The minimum atomic E-state index is -2.04. The molecule has 3 unspecified atom stereocenters. The average molecular weight is 390 g/mol. The maximum Gasteiger partial charge on any atom is 0.332 e. The molecule has 2 aromatic rings. The standard InChI is InChI=1S/C18H18N2O6S/c1-10-4-2-3-5-11(10)15(22)20-13(14-19-6-7-27-14)12(16(23)24)8-18(20,9-21)17(25)26/h2-7,12-13,21H,8-9H2,1H3,(H,23,24)(H,25,26). The number of aromatic nitrogens is 1. The van der Waals surface area contributed by atoms with Crippen LogP contribution in [0, 0.1) is 12.8 Å². The van der Waals surface area contributed by atoms with E-state index in [2.05, 4.69) is 4.98 Å². The molecule has 9 heteroatoms. The second kappa shape index (κ2) is 7.09. The lowest BCUT2D eigenvalue weighted by Crippen LogP contribution is -2.56. The van der Waals surface area contributed by atoms with Crippen molar-refractivity contribution in [3.8, 4) is 0 Å². The lowest BCUT2D eigenvalue weighted by Gasteiger charge is -2.36. The Bertz CT molecular complexity index is 884. The SMILES string of the molecule is Cc1ccccc1C(=O)N1C(c2nccs2)C(C(=O)O)CC1(CO)C(=O)O. The van der Waals surface area contributed by atoms with Gasteiger partial charge in [0, 0.05) is 17.1 Å². The number of rotatable bonds is 5. The Hall–Kier alpha value is -2.78. The highest BCUT2D eigenvalue weighted by atomic mass is 32.1. The lowest BCUT2D eigenvalue weighted by atomic mass is 9.91. The van der Waals surface area contributed by atoms with Gasteiger partial charge in [-0.25, -0.2) is 9.78 Å². The first kappa shape index (κ1) is 19.0. The number of amides is 1. The largest absolute Gasteiger partial charge is 0.481 e. The van der Waals surface area contributed by atoms with Crippen LogP contribution in [0.25, 0.3) is 0 Å². The van der Waals surface area contributed by atoms with Gasteiger partial charge in [0.2, 0.25) is 0 Å². The van der Waals surface area contributed by atoms with Crippen LogP contribution in [-0.4, -0.2) is 55.2 Å². The molecular formula is C18H18N2O6S. The van der Waals surface area contributed by atoms with Crippen molar-refractivity contribution in [2.24, 2.45) is 5.92 Å². The first-order valence-corrected chi connectivity index (χ1v) is 9.07. The average Bonchev–Trinajstić information content (AvgIpc) is 3.27. The number of hydrogen-bond acceptors (Lipinski definition) is 6. The summed E-state index contributed by atoms with van der Waals surface area (Å²) in [5, 5.41) is 31.4. The molecule has 0 radical (unpaired) electrons. The van der Waals surface area contributed by atoms with Gasteiger partial charge in [-0.05, 0) is 25.0 Å².